The molecule has 2 amide bonds. The van der Waals surface area contributed by atoms with Gasteiger partial charge in [-0.3, -0.25) is 13.9 Å². The number of halogens is 1. The molecular weight excluding hydrogens is 558 g/mol. The van der Waals surface area contributed by atoms with E-state index in [0.29, 0.717) is 17.3 Å². The zero-order valence-electron chi connectivity index (χ0n) is 24.4. The fourth-order valence-electron chi connectivity index (χ4n) is 4.30. The molecule has 3 aromatic carbocycles. The van der Waals surface area contributed by atoms with Gasteiger partial charge in [-0.15, -0.1) is 0 Å². The summed E-state index contributed by atoms with van der Waals surface area (Å²) < 4.78 is 29.0. The minimum Gasteiger partial charge on any atom is -0.354 e. The number of aryl methyl sites for hydroxylation is 1. The number of nitrogens with zero attached hydrogens (tertiary/aromatic N) is 2. The van der Waals surface area contributed by atoms with Crippen molar-refractivity contribution in [1.29, 1.82) is 0 Å². The predicted octanol–water partition coefficient (Wildman–Crippen LogP) is 6.30. The number of amides is 2. The van der Waals surface area contributed by atoms with E-state index in [0.717, 1.165) is 33.8 Å². The maximum Gasteiger partial charge on any atom is 0.264 e. The average molecular weight is 598 g/mol. The summed E-state index contributed by atoms with van der Waals surface area (Å²) in [6, 6.07) is 19.9. The fraction of sp³-hybridized carbons (Fsp3) is 0.375. The van der Waals surface area contributed by atoms with Gasteiger partial charge in [0, 0.05) is 18.1 Å². The Balaban J connectivity index is 2.01. The molecule has 220 valence electrons. The van der Waals surface area contributed by atoms with Gasteiger partial charge in [0.1, 0.15) is 12.6 Å². The summed E-state index contributed by atoms with van der Waals surface area (Å²) in [5, 5.41) is 3.44. The molecule has 0 aliphatic heterocycles. The normalized spacial score (nSPS) is 12.2. The van der Waals surface area contributed by atoms with E-state index in [2.05, 4.69) is 19.2 Å². The highest BCUT2D eigenvalue weighted by Gasteiger charge is 2.32. The van der Waals surface area contributed by atoms with Crippen LogP contribution >= 0.6 is 11.6 Å². The lowest BCUT2D eigenvalue weighted by Crippen LogP contribution is -2.51. The van der Waals surface area contributed by atoms with E-state index in [1.165, 1.54) is 4.90 Å². The Bertz CT molecular complexity index is 1410. The topological polar surface area (TPSA) is 86.8 Å². The lowest BCUT2D eigenvalue weighted by molar-refractivity contribution is -0.139. The Morgan fingerprint density at radius 3 is 2.07 bits per heavy atom. The Morgan fingerprint density at radius 2 is 1.51 bits per heavy atom. The van der Waals surface area contributed by atoms with Crippen molar-refractivity contribution < 1.29 is 18.0 Å². The molecule has 3 rings (SSSR count). The van der Waals surface area contributed by atoms with Crippen LogP contribution in [0.4, 0.5) is 5.69 Å². The summed E-state index contributed by atoms with van der Waals surface area (Å²) in [6.07, 6.45) is 1.74. The number of nitrogens with one attached hydrogen (secondary N) is 1. The van der Waals surface area contributed by atoms with Crippen molar-refractivity contribution in [2.45, 2.75) is 70.9 Å². The fourth-order valence-corrected chi connectivity index (χ4v) is 5.84. The maximum atomic E-state index is 14.0. The standard InChI is InChI=1S/C32H40ClN3O4S/c1-6-7-20-34-32(38)25(5)35(21-26-10-14-28(33)15-11-26)31(37)22-36(29-16-12-27(13-17-29)23(2)3)41(39,40)30-18-8-24(4)9-19-30/h8-19,23,25H,6-7,20-22H2,1-5H3,(H,34,38)/t25-/m1/s1. The van der Waals surface area contributed by atoms with Gasteiger partial charge in [0.15, 0.2) is 0 Å². The Morgan fingerprint density at radius 1 is 0.902 bits per heavy atom. The molecule has 0 fully saturated rings. The zero-order chi connectivity index (χ0) is 30.2. The summed E-state index contributed by atoms with van der Waals surface area (Å²) in [7, 11) is -4.11. The number of carbonyl (C=O) groups is 2. The second kappa shape index (κ2) is 14.5. The second-order valence-corrected chi connectivity index (χ2v) is 12.8. The third-order valence-electron chi connectivity index (χ3n) is 7.00. The molecule has 1 N–H and O–H groups in total. The number of anilines is 1. The monoisotopic (exact) mass is 597 g/mol. The summed E-state index contributed by atoms with van der Waals surface area (Å²) in [4.78, 5) is 28.6. The zero-order valence-corrected chi connectivity index (χ0v) is 26.0. The number of sulfonamides is 1. The lowest BCUT2D eigenvalue weighted by Gasteiger charge is -2.32. The first kappa shape index (κ1) is 32.2. The van der Waals surface area contributed by atoms with Crippen LogP contribution in [0.15, 0.2) is 77.7 Å². The van der Waals surface area contributed by atoms with Crippen LogP contribution in [0.3, 0.4) is 0 Å². The van der Waals surface area contributed by atoms with Crippen molar-refractivity contribution in [2.24, 2.45) is 0 Å². The highest BCUT2D eigenvalue weighted by molar-refractivity contribution is 7.92. The van der Waals surface area contributed by atoms with E-state index in [1.54, 1.807) is 67.6 Å². The van der Waals surface area contributed by atoms with Crippen LogP contribution in [0, 0.1) is 6.92 Å². The van der Waals surface area contributed by atoms with E-state index < -0.39 is 28.5 Å². The van der Waals surface area contributed by atoms with Crippen LogP contribution in [0.25, 0.3) is 0 Å². The molecule has 0 bridgehead atoms. The second-order valence-electron chi connectivity index (χ2n) is 10.5. The molecule has 0 saturated heterocycles. The van der Waals surface area contributed by atoms with Gasteiger partial charge in [-0.2, -0.15) is 0 Å². The molecule has 0 spiro atoms. The highest BCUT2D eigenvalue weighted by Crippen LogP contribution is 2.27. The van der Waals surface area contributed by atoms with E-state index in [4.69, 9.17) is 11.6 Å². The van der Waals surface area contributed by atoms with Gasteiger partial charge in [0.2, 0.25) is 11.8 Å². The average Bonchev–Trinajstić information content (AvgIpc) is 2.95. The van der Waals surface area contributed by atoms with Gasteiger partial charge in [-0.05, 0) is 73.7 Å². The summed E-state index contributed by atoms with van der Waals surface area (Å²) >= 11 is 6.06. The number of unbranched alkanes of at least 4 members (excludes halogenated alkanes) is 1. The number of hydrogen-bond donors (Lipinski definition) is 1. The van der Waals surface area contributed by atoms with Gasteiger partial charge in [0.05, 0.1) is 10.6 Å². The van der Waals surface area contributed by atoms with Crippen molar-refractivity contribution >= 4 is 39.1 Å². The van der Waals surface area contributed by atoms with Crippen molar-refractivity contribution in [1.82, 2.24) is 10.2 Å². The van der Waals surface area contributed by atoms with Gasteiger partial charge in [0.25, 0.3) is 10.0 Å². The molecule has 41 heavy (non-hydrogen) atoms. The Hall–Kier alpha value is -3.36. The molecular formula is C32H40ClN3O4S. The predicted molar refractivity (Wildman–Crippen MR) is 166 cm³/mol. The molecule has 0 aliphatic carbocycles. The molecule has 0 heterocycles. The number of hydrogen-bond acceptors (Lipinski definition) is 4. The van der Waals surface area contributed by atoms with Crippen LogP contribution in [0.5, 0.6) is 0 Å². The summed E-state index contributed by atoms with van der Waals surface area (Å²) in [5.41, 5.74) is 3.11. The van der Waals surface area contributed by atoms with Crippen molar-refractivity contribution in [3.8, 4) is 0 Å². The van der Waals surface area contributed by atoms with Crippen molar-refractivity contribution in [3.63, 3.8) is 0 Å². The van der Waals surface area contributed by atoms with Crippen LogP contribution in [0.1, 0.15) is 63.1 Å². The SMILES string of the molecule is CCCCNC(=O)[C@@H](C)N(Cc1ccc(Cl)cc1)C(=O)CN(c1ccc(C(C)C)cc1)S(=O)(=O)c1ccc(C)cc1. The maximum absolute atomic E-state index is 14.0. The summed E-state index contributed by atoms with van der Waals surface area (Å²) in [6.45, 7) is 9.82. The first-order valence-electron chi connectivity index (χ1n) is 13.9. The smallest absolute Gasteiger partial charge is 0.264 e. The quantitative estimate of drug-likeness (QED) is 0.234. The Labute approximate surface area is 249 Å². The van der Waals surface area contributed by atoms with Gasteiger partial charge < -0.3 is 10.2 Å². The van der Waals surface area contributed by atoms with Crippen molar-refractivity contribution in [3.05, 3.63) is 94.5 Å². The highest BCUT2D eigenvalue weighted by atomic mass is 35.5. The number of carbonyl (C=O) groups excluding carboxylic acids is 2. The van der Waals surface area contributed by atoms with Gasteiger partial charge >= 0.3 is 0 Å². The van der Waals surface area contributed by atoms with Gasteiger partial charge in [-0.1, -0.05) is 80.8 Å². The van der Waals surface area contributed by atoms with E-state index >= 15 is 0 Å². The van der Waals surface area contributed by atoms with Gasteiger partial charge in [-0.25, -0.2) is 8.42 Å². The third kappa shape index (κ3) is 8.57. The van der Waals surface area contributed by atoms with Crippen LogP contribution in [-0.4, -0.2) is 44.3 Å². The molecule has 0 saturated carbocycles. The van der Waals surface area contributed by atoms with Crippen LogP contribution in [0.2, 0.25) is 5.02 Å². The molecule has 7 nitrogen and oxygen atoms in total. The Kier molecular flexibility index (Phi) is 11.4. The third-order valence-corrected chi connectivity index (χ3v) is 9.04. The number of benzene rings is 3. The van der Waals surface area contributed by atoms with Crippen LogP contribution < -0.4 is 9.62 Å². The minimum atomic E-state index is -4.11. The molecule has 3 aromatic rings. The van der Waals surface area contributed by atoms with Crippen molar-refractivity contribution in [2.75, 3.05) is 17.4 Å². The first-order valence-corrected chi connectivity index (χ1v) is 15.8. The molecule has 0 aromatic heterocycles. The molecule has 9 heteroatoms. The molecule has 1 atom stereocenters. The van der Waals surface area contributed by atoms with E-state index in [-0.39, 0.29) is 23.3 Å². The minimum absolute atomic E-state index is 0.0819. The first-order chi connectivity index (χ1) is 19.4. The largest absolute Gasteiger partial charge is 0.354 e. The van der Waals surface area contributed by atoms with E-state index in [1.807, 2.05) is 26.0 Å². The van der Waals surface area contributed by atoms with Crippen LogP contribution in [-0.2, 0) is 26.2 Å². The molecule has 0 radical (unpaired) electrons. The van der Waals surface area contributed by atoms with E-state index in [9.17, 15) is 18.0 Å². The lowest BCUT2D eigenvalue weighted by atomic mass is 10.0. The summed E-state index contributed by atoms with van der Waals surface area (Å²) in [5.74, 6) is -0.536. The number of rotatable bonds is 13. The molecule has 0 aliphatic rings. The molecule has 0 unspecified atom stereocenters.